The second-order valence-electron chi connectivity index (χ2n) is 7.16. The Morgan fingerprint density at radius 1 is 1.16 bits per heavy atom. The molecule has 0 spiro atoms. The Morgan fingerprint density at radius 3 is 2.68 bits per heavy atom. The number of benzene rings is 2. The van der Waals surface area contributed by atoms with E-state index in [1.54, 1.807) is 6.07 Å². The summed E-state index contributed by atoms with van der Waals surface area (Å²) in [5.74, 6) is 0.730. The van der Waals surface area contributed by atoms with E-state index in [0.29, 0.717) is 37.2 Å². The van der Waals surface area contributed by atoms with Crippen LogP contribution in [0.1, 0.15) is 20.3 Å². The van der Waals surface area contributed by atoms with Crippen LogP contribution in [-0.4, -0.2) is 43.1 Å². The molecule has 0 fully saturated rings. The van der Waals surface area contributed by atoms with Crippen LogP contribution in [0.15, 0.2) is 47.4 Å². The number of amides is 1. The van der Waals surface area contributed by atoms with Crippen molar-refractivity contribution in [2.45, 2.75) is 37.8 Å². The molecule has 4 rings (SSSR count). The molecule has 0 aliphatic carbocycles. The van der Waals surface area contributed by atoms with Crippen LogP contribution in [0.2, 0.25) is 0 Å². The van der Waals surface area contributed by atoms with E-state index in [-0.39, 0.29) is 4.90 Å². The summed E-state index contributed by atoms with van der Waals surface area (Å²) in [7, 11) is -3.96. The molecule has 3 aromatic rings. The number of para-hydroxylation sites is 2. The smallest absolute Gasteiger partial charge is 0.244 e. The van der Waals surface area contributed by atoms with Crippen LogP contribution in [0.4, 0.5) is 5.95 Å². The molecular formula is C21H24N4O5S. The van der Waals surface area contributed by atoms with Crippen LogP contribution in [0.3, 0.4) is 0 Å². The third kappa shape index (κ3) is 4.35. The molecule has 1 atom stereocenters. The highest BCUT2D eigenvalue weighted by Gasteiger charge is 2.25. The predicted molar refractivity (Wildman–Crippen MR) is 116 cm³/mol. The van der Waals surface area contributed by atoms with Crippen LogP contribution in [0.5, 0.6) is 11.5 Å². The Hall–Kier alpha value is -3.11. The molecule has 0 unspecified atom stereocenters. The zero-order valence-corrected chi connectivity index (χ0v) is 18.1. The van der Waals surface area contributed by atoms with Gasteiger partial charge >= 0.3 is 0 Å². The predicted octanol–water partition coefficient (Wildman–Crippen LogP) is 2.52. The molecule has 10 heteroatoms. The Balaban J connectivity index is 1.50. The lowest BCUT2D eigenvalue weighted by atomic mass is 10.3. The number of aromatic nitrogens is 2. The number of fused-ring (bicyclic) bond motifs is 2. The van der Waals surface area contributed by atoms with Gasteiger partial charge < -0.3 is 14.0 Å². The molecule has 0 saturated heterocycles. The number of hydrogen-bond acceptors (Lipinski definition) is 6. The van der Waals surface area contributed by atoms with Gasteiger partial charge in [0.1, 0.15) is 0 Å². The summed E-state index contributed by atoms with van der Waals surface area (Å²) in [5, 5.41) is 2.72. The normalized spacial score (nSPS) is 14.8. The van der Waals surface area contributed by atoms with Crippen molar-refractivity contribution >= 4 is 32.9 Å². The van der Waals surface area contributed by atoms with E-state index >= 15 is 0 Å². The molecule has 31 heavy (non-hydrogen) atoms. The maximum atomic E-state index is 12.8. The summed E-state index contributed by atoms with van der Waals surface area (Å²) in [6.45, 7) is 4.99. The minimum Gasteiger partial charge on any atom is -0.490 e. The minimum absolute atomic E-state index is 0.00260. The third-order valence-corrected chi connectivity index (χ3v) is 6.50. The van der Waals surface area contributed by atoms with Crippen molar-refractivity contribution in [3.8, 4) is 11.5 Å². The third-order valence-electron chi connectivity index (χ3n) is 4.96. The number of sulfonamides is 1. The number of imidazole rings is 1. The fourth-order valence-corrected chi connectivity index (χ4v) is 4.59. The van der Waals surface area contributed by atoms with Gasteiger partial charge in [-0.1, -0.05) is 12.1 Å². The maximum Gasteiger partial charge on any atom is 0.244 e. The second kappa shape index (κ2) is 8.56. The van der Waals surface area contributed by atoms with Gasteiger partial charge in [0, 0.05) is 19.0 Å². The molecule has 1 aromatic heterocycles. The molecule has 1 aliphatic rings. The lowest BCUT2D eigenvalue weighted by Crippen LogP contribution is -2.41. The van der Waals surface area contributed by atoms with Gasteiger partial charge in [0.15, 0.2) is 11.5 Å². The molecule has 1 amide bonds. The maximum absolute atomic E-state index is 12.8. The van der Waals surface area contributed by atoms with Gasteiger partial charge in [-0.3, -0.25) is 10.1 Å². The molecule has 164 valence electrons. The molecule has 2 heterocycles. The highest BCUT2D eigenvalue weighted by atomic mass is 32.2. The molecule has 0 bridgehead atoms. The van der Waals surface area contributed by atoms with Crippen molar-refractivity contribution < 1.29 is 22.7 Å². The first-order chi connectivity index (χ1) is 14.9. The average molecular weight is 445 g/mol. The lowest BCUT2D eigenvalue weighted by molar-refractivity contribution is -0.117. The Morgan fingerprint density at radius 2 is 1.90 bits per heavy atom. The summed E-state index contributed by atoms with van der Waals surface area (Å²) in [5.41, 5.74) is 1.64. The summed E-state index contributed by atoms with van der Waals surface area (Å²) in [4.78, 5) is 17.1. The van der Waals surface area contributed by atoms with Gasteiger partial charge in [0.2, 0.25) is 21.9 Å². The first-order valence-electron chi connectivity index (χ1n) is 10.1. The van der Waals surface area contributed by atoms with Crippen LogP contribution in [-0.2, 0) is 21.4 Å². The van der Waals surface area contributed by atoms with E-state index in [1.807, 2.05) is 35.8 Å². The number of nitrogens with one attached hydrogen (secondary N) is 2. The summed E-state index contributed by atoms with van der Waals surface area (Å²) in [6.07, 6.45) is 0.717. The van der Waals surface area contributed by atoms with Crippen molar-refractivity contribution in [1.82, 2.24) is 14.3 Å². The van der Waals surface area contributed by atoms with E-state index in [2.05, 4.69) is 15.0 Å². The van der Waals surface area contributed by atoms with Crippen LogP contribution in [0.25, 0.3) is 11.0 Å². The molecular weight excluding hydrogens is 420 g/mol. The lowest BCUT2D eigenvalue weighted by Gasteiger charge is -2.16. The molecule has 0 saturated carbocycles. The standard InChI is InChI=1S/C21H24N4O5S/c1-3-25-17-8-5-4-7-16(17)22-21(25)23-20(26)14(2)24-31(27,28)15-9-10-18-19(13-15)30-12-6-11-29-18/h4-5,7-10,13-14,24H,3,6,11-12H2,1-2H3,(H,22,23,26)/t14-/m0/s1. The van der Waals surface area contributed by atoms with E-state index in [9.17, 15) is 13.2 Å². The fourth-order valence-electron chi connectivity index (χ4n) is 3.37. The van der Waals surface area contributed by atoms with Gasteiger partial charge in [-0.15, -0.1) is 0 Å². The van der Waals surface area contributed by atoms with Crippen molar-refractivity contribution in [2.75, 3.05) is 18.5 Å². The summed E-state index contributed by atoms with van der Waals surface area (Å²) < 4.78 is 41.0. The van der Waals surface area contributed by atoms with Crippen LogP contribution < -0.4 is 19.5 Å². The van der Waals surface area contributed by atoms with Gasteiger partial charge in [-0.05, 0) is 38.1 Å². The Kier molecular flexibility index (Phi) is 5.84. The number of rotatable bonds is 6. The van der Waals surface area contributed by atoms with Gasteiger partial charge in [-0.2, -0.15) is 4.72 Å². The molecule has 2 N–H and O–H groups in total. The first kappa shape index (κ1) is 21.1. The quantitative estimate of drug-likeness (QED) is 0.604. The molecule has 9 nitrogen and oxygen atoms in total. The average Bonchev–Trinajstić information content (AvgIpc) is 2.92. The fraction of sp³-hybridized carbons (Fsp3) is 0.333. The van der Waals surface area contributed by atoms with Crippen molar-refractivity contribution in [3.63, 3.8) is 0 Å². The molecule has 0 radical (unpaired) electrons. The van der Waals surface area contributed by atoms with Crippen molar-refractivity contribution in [2.24, 2.45) is 0 Å². The van der Waals surface area contributed by atoms with E-state index in [0.717, 1.165) is 17.5 Å². The van der Waals surface area contributed by atoms with E-state index in [1.165, 1.54) is 19.1 Å². The van der Waals surface area contributed by atoms with Gasteiger partial charge in [0.25, 0.3) is 0 Å². The van der Waals surface area contributed by atoms with Gasteiger partial charge in [-0.25, -0.2) is 13.4 Å². The highest BCUT2D eigenvalue weighted by molar-refractivity contribution is 7.89. The number of ether oxygens (including phenoxy) is 2. The number of hydrogen-bond donors (Lipinski definition) is 2. The van der Waals surface area contributed by atoms with Crippen LogP contribution in [0, 0.1) is 0 Å². The molecule has 1 aliphatic heterocycles. The zero-order chi connectivity index (χ0) is 22.0. The highest BCUT2D eigenvalue weighted by Crippen LogP contribution is 2.32. The number of carbonyl (C=O) groups excluding carboxylic acids is 1. The Bertz CT molecular complexity index is 1220. The Labute approximate surface area is 180 Å². The van der Waals surface area contributed by atoms with E-state index < -0.39 is 22.0 Å². The summed E-state index contributed by atoms with van der Waals surface area (Å²) >= 11 is 0. The monoisotopic (exact) mass is 444 g/mol. The summed E-state index contributed by atoms with van der Waals surface area (Å²) in [6, 6.07) is 10.9. The number of nitrogens with zero attached hydrogens (tertiary/aromatic N) is 2. The van der Waals surface area contributed by atoms with Gasteiger partial charge in [0.05, 0.1) is 35.2 Å². The van der Waals surface area contributed by atoms with Crippen molar-refractivity contribution in [1.29, 1.82) is 0 Å². The SMILES string of the molecule is CCn1c(NC(=O)[C@H](C)NS(=O)(=O)c2ccc3c(c2)OCCCO3)nc2ccccc21. The second-order valence-corrected chi connectivity index (χ2v) is 8.87. The van der Waals surface area contributed by atoms with Crippen LogP contribution >= 0.6 is 0 Å². The first-order valence-corrected chi connectivity index (χ1v) is 11.6. The zero-order valence-electron chi connectivity index (χ0n) is 17.3. The molecule has 2 aromatic carbocycles. The van der Waals surface area contributed by atoms with Crippen molar-refractivity contribution in [3.05, 3.63) is 42.5 Å². The van der Waals surface area contributed by atoms with E-state index in [4.69, 9.17) is 9.47 Å². The number of anilines is 1. The minimum atomic E-state index is -3.96. The number of aryl methyl sites for hydroxylation is 1. The largest absolute Gasteiger partial charge is 0.490 e. The number of carbonyl (C=O) groups is 1. The topological polar surface area (TPSA) is 112 Å².